The van der Waals surface area contributed by atoms with Gasteiger partial charge in [-0.05, 0) is 46.3 Å². The molecule has 21 heavy (non-hydrogen) atoms. The van der Waals surface area contributed by atoms with Gasteiger partial charge in [0.25, 0.3) is 0 Å². The Hall–Kier alpha value is -1.39. The lowest BCUT2D eigenvalue weighted by atomic mass is 10.0. The second-order valence-electron chi connectivity index (χ2n) is 6.68. The predicted molar refractivity (Wildman–Crippen MR) is 86.0 cm³/mol. The van der Waals surface area contributed by atoms with Gasteiger partial charge in [-0.2, -0.15) is 0 Å². The van der Waals surface area contributed by atoms with Crippen LogP contribution >= 0.6 is 0 Å². The van der Waals surface area contributed by atoms with Crippen molar-refractivity contribution >= 4 is 5.91 Å². The third-order valence-electron chi connectivity index (χ3n) is 4.49. The van der Waals surface area contributed by atoms with Crippen molar-refractivity contribution < 1.29 is 4.79 Å². The van der Waals surface area contributed by atoms with Crippen LogP contribution < -0.4 is 5.32 Å². The summed E-state index contributed by atoms with van der Waals surface area (Å²) in [5, 5.41) is 3.35. The maximum atomic E-state index is 12.5. The molecule has 0 saturated carbocycles. The highest BCUT2D eigenvalue weighted by molar-refractivity contribution is 5.83. The summed E-state index contributed by atoms with van der Waals surface area (Å²) in [4.78, 5) is 16.6. The Balaban J connectivity index is 1.87. The maximum absolute atomic E-state index is 12.5. The molecule has 1 atom stereocenters. The number of carbonyl (C=O) groups excluding carboxylic acids is 1. The van der Waals surface area contributed by atoms with E-state index >= 15 is 0 Å². The number of nitrogens with zero attached hydrogens (tertiary/aromatic N) is 2. The third-order valence-corrected chi connectivity index (χ3v) is 4.49. The Kier molecular flexibility index (Phi) is 5.01. The SMILES string of the molecule is CN(C)C(C)(C)CN1CNC(CCc2ccccc2)C1=O. The molecule has 0 radical (unpaired) electrons. The fraction of sp³-hybridized carbons (Fsp3) is 0.588. The van der Waals surface area contributed by atoms with Crippen LogP contribution in [0.15, 0.2) is 30.3 Å². The lowest BCUT2D eigenvalue weighted by molar-refractivity contribution is -0.130. The fourth-order valence-electron chi connectivity index (χ4n) is 2.53. The lowest BCUT2D eigenvalue weighted by Gasteiger charge is -2.36. The summed E-state index contributed by atoms with van der Waals surface area (Å²) in [6.07, 6.45) is 1.80. The van der Waals surface area contributed by atoms with Crippen LogP contribution in [0.1, 0.15) is 25.8 Å². The largest absolute Gasteiger partial charge is 0.327 e. The zero-order valence-electron chi connectivity index (χ0n) is 13.6. The number of amides is 1. The first kappa shape index (κ1) is 16.0. The molecule has 0 aliphatic carbocycles. The molecule has 0 aromatic heterocycles. The molecule has 2 rings (SSSR count). The number of hydrogen-bond acceptors (Lipinski definition) is 3. The van der Waals surface area contributed by atoms with Crippen LogP contribution in [0.5, 0.6) is 0 Å². The highest BCUT2D eigenvalue weighted by Crippen LogP contribution is 2.17. The second kappa shape index (κ2) is 6.58. The molecule has 0 bridgehead atoms. The van der Waals surface area contributed by atoms with Crippen LogP contribution in [0.25, 0.3) is 0 Å². The third kappa shape index (κ3) is 4.05. The summed E-state index contributed by atoms with van der Waals surface area (Å²) in [6, 6.07) is 10.3. The molecule has 1 saturated heterocycles. The van der Waals surface area contributed by atoms with Gasteiger partial charge >= 0.3 is 0 Å². The molecule has 1 aromatic rings. The van der Waals surface area contributed by atoms with Crippen molar-refractivity contribution in [3.05, 3.63) is 35.9 Å². The molecule has 4 nitrogen and oxygen atoms in total. The number of carbonyl (C=O) groups is 1. The smallest absolute Gasteiger partial charge is 0.240 e. The van der Waals surface area contributed by atoms with Gasteiger partial charge in [0.05, 0.1) is 12.7 Å². The van der Waals surface area contributed by atoms with Crippen LogP contribution in [-0.4, -0.2) is 54.6 Å². The van der Waals surface area contributed by atoms with E-state index in [1.54, 1.807) is 0 Å². The van der Waals surface area contributed by atoms with Crippen molar-refractivity contribution in [1.29, 1.82) is 0 Å². The Morgan fingerprint density at radius 1 is 1.29 bits per heavy atom. The summed E-state index contributed by atoms with van der Waals surface area (Å²) in [5.41, 5.74) is 1.28. The summed E-state index contributed by atoms with van der Waals surface area (Å²) in [5.74, 6) is 0.237. The average molecular weight is 289 g/mol. The van der Waals surface area contributed by atoms with Crippen LogP contribution in [0, 0.1) is 0 Å². The zero-order valence-corrected chi connectivity index (χ0v) is 13.6. The predicted octanol–water partition coefficient (Wildman–Crippen LogP) is 1.72. The number of benzene rings is 1. The van der Waals surface area contributed by atoms with Crippen LogP contribution in [0.4, 0.5) is 0 Å². The Labute approximate surface area is 128 Å². The van der Waals surface area contributed by atoms with E-state index in [1.165, 1.54) is 5.56 Å². The Morgan fingerprint density at radius 2 is 1.95 bits per heavy atom. The van der Waals surface area contributed by atoms with E-state index in [2.05, 4.69) is 50.3 Å². The molecule has 1 aliphatic rings. The van der Waals surface area contributed by atoms with Crippen molar-refractivity contribution in [2.75, 3.05) is 27.3 Å². The minimum atomic E-state index is -0.0387. The zero-order chi connectivity index (χ0) is 15.5. The molecule has 1 heterocycles. The van der Waals surface area contributed by atoms with Gasteiger partial charge in [-0.3, -0.25) is 10.1 Å². The number of nitrogens with one attached hydrogen (secondary N) is 1. The van der Waals surface area contributed by atoms with Gasteiger partial charge < -0.3 is 9.80 Å². The normalized spacial score (nSPS) is 19.6. The molecular formula is C17H27N3O. The van der Waals surface area contributed by atoms with E-state index < -0.39 is 0 Å². The number of rotatable bonds is 6. The molecule has 0 spiro atoms. The molecular weight excluding hydrogens is 262 g/mol. The van der Waals surface area contributed by atoms with E-state index in [9.17, 15) is 4.79 Å². The monoisotopic (exact) mass is 289 g/mol. The van der Waals surface area contributed by atoms with Gasteiger partial charge in [-0.1, -0.05) is 30.3 Å². The van der Waals surface area contributed by atoms with Crippen molar-refractivity contribution in [3.63, 3.8) is 0 Å². The summed E-state index contributed by atoms with van der Waals surface area (Å²) < 4.78 is 0. The molecule has 1 N–H and O–H groups in total. The van der Waals surface area contributed by atoms with Crippen molar-refractivity contribution in [2.24, 2.45) is 0 Å². The quantitative estimate of drug-likeness (QED) is 0.866. The first-order valence-corrected chi connectivity index (χ1v) is 7.64. The molecule has 1 unspecified atom stereocenters. The van der Waals surface area contributed by atoms with Crippen LogP contribution in [-0.2, 0) is 11.2 Å². The molecule has 116 valence electrons. The average Bonchev–Trinajstić information content (AvgIpc) is 2.78. The number of aryl methyl sites for hydroxylation is 1. The minimum absolute atomic E-state index is 0.00827. The van der Waals surface area contributed by atoms with Gasteiger partial charge in [0.2, 0.25) is 5.91 Å². The highest BCUT2D eigenvalue weighted by atomic mass is 16.2. The maximum Gasteiger partial charge on any atom is 0.240 e. The van der Waals surface area contributed by atoms with Gasteiger partial charge in [-0.15, -0.1) is 0 Å². The number of likely N-dealkylation sites (N-methyl/N-ethyl adjacent to an activating group) is 1. The first-order valence-electron chi connectivity index (χ1n) is 7.64. The summed E-state index contributed by atoms with van der Waals surface area (Å²) in [6.45, 7) is 5.75. The minimum Gasteiger partial charge on any atom is -0.327 e. The molecule has 1 aliphatic heterocycles. The standard InChI is InChI=1S/C17H27N3O/c1-17(2,19(3)4)12-20-13-18-15(16(20)21)11-10-14-8-6-5-7-9-14/h5-9,15,18H,10-13H2,1-4H3. The van der Waals surface area contributed by atoms with Gasteiger partial charge in [-0.25, -0.2) is 0 Å². The van der Waals surface area contributed by atoms with Crippen molar-refractivity contribution in [1.82, 2.24) is 15.1 Å². The molecule has 4 heteroatoms. The lowest BCUT2D eigenvalue weighted by Crippen LogP contribution is -2.49. The van der Waals surface area contributed by atoms with Crippen LogP contribution in [0.2, 0.25) is 0 Å². The van der Waals surface area contributed by atoms with Crippen molar-refractivity contribution in [2.45, 2.75) is 38.3 Å². The van der Waals surface area contributed by atoms with Crippen LogP contribution in [0.3, 0.4) is 0 Å². The Bertz CT molecular complexity index is 470. The van der Waals surface area contributed by atoms with E-state index in [-0.39, 0.29) is 17.5 Å². The van der Waals surface area contributed by atoms with Gasteiger partial charge in [0.15, 0.2) is 0 Å². The topological polar surface area (TPSA) is 35.6 Å². The summed E-state index contributed by atoms with van der Waals surface area (Å²) >= 11 is 0. The van der Waals surface area contributed by atoms with Gasteiger partial charge in [0.1, 0.15) is 0 Å². The highest BCUT2D eigenvalue weighted by Gasteiger charge is 2.34. The van der Waals surface area contributed by atoms with E-state index in [1.807, 2.05) is 23.1 Å². The fourth-order valence-corrected chi connectivity index (χ4v) is 2.53. The van der Waals surface area contributed by atoms with E-state index in [4.69, 9.17) is 0 Å². The molecule has 1 aromatic carbocycles. The van der Waals surface area contributed by atoms with E-state index in [0.29, 0.717) is 6.67 Å². The summed E-state index contributed by atoms with van der Waals surface area (Å²) in [7, 11) is 4.11. The number of hydrogen-bond donors (Lipinski definition) is 1. The van der Waals surface area contributed by atoms with E-state index in [0.717, 1.165) is 19.4 Å². The van der Waals surface area contributed by atoms with Gasteiger partial charge in [0, 0.05) is 12.1 Å². The Morgan fingerprint density at radius 3 is 2.57 bits per heavy atom. The van der Waals surface area contributed by atoms with Crippen molar-refractivity contribution in [3.8, 4) is 0 Å². The second-order valence-corrected chi connectivity index (χ2v) is 6.68. The molecule has 1 amide bonds. The molecule has 1 fully saturated rings. The first-order chi connectivity index (χ1) is 9.90.